The number of rotatable bonds is 9. The molecule has 0 unspecified atom stereocenters. The van der Waals surface area contributed by atoms with Crippen LogP contribution in [0.5, 0.6) is 0 Å². The second-order valence-electron chi connectivity index (χ2n) is 9.08. The van der Waals surface area contributed by atoms with E-state index in [9.17, 15) is 9.59 Å². The Labute approximate surface area is 192 Å². The SMILES string of the molecule is CCNC(=NCc1cccc(NC(=O)C2CCCC2)c1)NCCCNC(=O)OC(C)(C)C. The second-order valence-corrected chi connectivity index (χ2v) is 9.08. The normalized spacial score (nSPS) is 14.7. The molecule has 178 valence electrons. The summed E-state index contributed by atoms with van der Waals surface area (Å²) in [5.41, 5.74) is 1.35. The van der Waals surface area contributed by atoms with Crippen LogP contribution in [-0.2, 0) is 16.1 Å². The summed E-state index contributed by atoms with van der Waals surface area (Å²) in [6.45, 7) is 9.97. The molecule has 0 atom stereocenters. The first-order valence-corrected chi connectivity index (χ1v) is 11.7. The third-order valence-electron chi connectivity index (χ3n) is 5.00. The third kappa shape index (κ3) is 10.0. The molecule has 0 aliphatic heterocycles. The molecule has 1 aliphatic carbocycles. The predicted octanol–water partition coefficient (Wildman–Crippen LogP) is 3.79. The number of hydrogen-bond acceptors (Lipinski definition) is 4. The minimum Gasteiger partial charge on any atom is -0.444 e. The second kappa shape index (κ2) is 12.9. The lowest BCUT2D eigenvalue weighted by Gasteiger charge is -2.19. The van der Waals surface area contributed by atoms with E-state index in [0.717, 1.165) is 49.9 Å². The lowest BCUT2D eigenvalue weighted by atomic mass is 10.1. The largest absolute Gasteiger partial charge is 0.444 e. The zero-order valence-electron chi connectivity index (χ0n) is 19.9. The average molecular weight is 446 g/mol. The van der Waals surface area contributed by atoms with Crippen molar-refractivity contribution in [1.29, 1.82) is 0 Å². The molecule has 2 amide bonds. The van der Waals surface area contributed by atoms with Crippen molar-refractivity contribution in [1.82, 2.24) is 16.0 Å². The molecule has 1 aromatic carbocycles. The molecule has 32 heavy (non-hydrogen) atoms. The number of nitrogens with one attached hydrogen (secondary N) is 4. The van der Waals surface area contributed by atoms with E-state index in [-0.39, 0.29) is 11.8 Å². The van der Waals surface area contributed by atoms with Gasteiger partial charge >= 0.3 is 6.09 Å². The van der Waals surface area contributed by atoms with E-state index in [0.29, 0.717) is 25.6 Å². The molecule has 1 aromatic rings. The summed E-state index contributed by atoms with van der Waals surface area (Å²) < 4.78 is 5.22. The van der Waals surface area contributed by atoms with Crippen LogP contribution in [0.1, 0.15) is 65.4 Å². The van der Waals surface area contributed by atoms with Gasteiger partial charge in [0.1, 0.15) is 5.60 Å². The maximum absolute atomic E-state index is 12.4. The Morgan fingerprint density at radius 3 is 2.50 bits per heavy atom. The van der Waals surface area contributed by atoms with Crippen molar-refractivity contribution in [3.63, 3.8) is 0 Å². The number of carbonyl (C=O) groups is 2. The molecule has 1 saturated carbocycles. The quantitative estimate of drug-likeness (QED) is 0.263. The highest BCUT2D eigenvalue weighted by Gasteiger charge is 2.22. The van der Waals surface area contributed by atoms with Gasteiger partial charge < -0.3 is 26.0 Å². The van der Waals surface area contributed by atoms with Crippen molar-refractivity contribution in [2.24, 2.45) is 10.9 Å². The van der Waals surface area contributed by atoms with Crippen LogP contribution in [0.4, 0.5) is 10.5 Å². The number of amides is 2. The highest BCUT2D eigenvalue weighted by Crippen LogP contribution is 2.26. The monoisotopic (exact) mass is 445 g/mol. The zero-order valence-corrected chi connectivity index (χ0v) is 19.9. The van der Waals surface area contributed by atoms with Crippen LogP contribution >= 0.6 is 0 Å². The van der Waals surface area contributed by atoms with Gasteiger partial charge in [-0.2, -0.15) is 0 Å². The molecule has 0 saturated heterocycles. The Morgan fingerprint density at radius 1 is 1.09 bits per heavy atom. The summed E-state index contributed by atoms with van der Waals surface area (Å²) in [4.78, 5) is 28.7. The van der Waals surface area contributed by atoms with Crippen LogP contribution in [0.2, 0.25) is 0 Å². The summed E-state index contributed by atoms with van der Waals surface area (Å²) in [5.74, 6) is 0.981. The van der Waals surface area contributed by atoms with Gasteiger partial charge in [0.25, 0.3) is 0 Å². The smallest absolute Gasteiger partial charge is 0.407 e. The van der Waals surface area contributed by atoms with E-state index in [1.54, 1.807) is 0 Å². The van der Waals surface area contributed by atoms with Gasteiger partial charge in [-0.05, 0) is 64.7 Å². The van der Waals surface area contributed by atoms with Crippen LogP contribution in [0.3, 0.4) is 0 Å². The van der Waals surface area contributed by atoms with Crippen LogP contribution in [0.15, 0.2) is 29.3 Å². The molecule has 1 fully saturated rings. The summed E-state index contributed by atoms with van der Waals surface area (Å²) in [6.07, 6.45) is 4.60. The van der Waals surface area contributed by atoms with Crippen LogP contribution in [0, 0.1) is 5.92 Å². The summed E-state index contributed by atoms with van der Waals surface area (Å²) in [6, 6.07) is 7.84. The number of carbonyl (C=O) groups excluding carboxylic acids is 2. The van der Waals surface area contributed by atoms with Crippen molar-refractivity contribution in [2.75, 3.05) is 25.0 Å². The van der Waals surface area contributed by atoms with Gasteiger partial charge in [-0.25, -0.2) is 9.79 Å². The van der Waals surface area contributed by atoms with Crippen molar-refractivity contribution >= 4 is 23.6 Å². The number of alkyl carbamates (subject to hydrolysis) is 1. The molecular weight excluding hydrogens is 406 g/mol. The molecule has 0 heterocycles. The summed E-state index contributed by atoms with van der Waals surface area (Å²) >= 11 is 0. The maximum atomic E-state index is 12.4. The van der Waals surface area contributed by atoms with Crippen molar-refractivity contribution in [3.8, 4) is 0 Å². The van der Waals surface area contributed by atoms with Crippen molar-refractivity contribution < 1.29 is 14.3 Å². The van der Waals surface area contributed by atoms with E-state index in [1.165, 1.54) is 0 Å². The number of anilines is 1. The van der Waals surface area contributed by atoms with E-state index in [1.807, 2.05) is 52.0 Å². The fourth-order valence-corrected chi connectivity index (χ4v) is 3.49. The Kier molecular flexibility index (Phi) is 10.3. The summed E-state index contributed by atoms with van der Waals surface area (Å²) in [7, 11) is 0. The molecule has 1 aliphatic rings. The number of aliphatic imine (C=N–C) groups is 1. The number of ether oxygens (including phenoxy) is 1. The topological polar surface area (TPSA) is 104 Å². The van der Waals surface area contributed by atoms with Gasteiger partial charge in [-0.1, -0.05) is 25.0 Å². The Bertz CT molecular complexity index is 767. The number of guanidine groups is 1. The van der Waals surface area contributed by atoms with Crippen LogP contribution < -0.4 is 21.3 Å². The van der Waals surface area contributed by atoms with E-state index in [4.69, 9.17) is 4.74 Å². The molecular formula is C24H39N5O3. The highest BCUT2D eigenvalue weighted by atomic mass is 16.6. The van der Waals surface area contributed by atoms with E-state index in [2.05, 4.69) is 26.3 Å². The first kappa shape index (κ1) is 25.5. The first-order valence-electron chi connectivity index (χ1n) is 11.7. The maximum Gasteiger partial charge on any atom is 0.407 e. The van der Waals surface area contributed by atoms with Gasteiger partial charge in [0.15, 0.2) is 5.96 Å². The van der Waals surface area contributed by atoms with Crippen molar-refractivity contribution in [3.05, 3.63) is 29.8 Å². The van der Waals surface area contributed by atoms with Gasteiger partial charge in [-0.15, -0.1) is 0 Å². The lowest BCUT2D eigenvalue weighted by Crippen LogP contribution is -2.39. The molecule has 8 heteroatoms. The average Bonchev–Trinajstić information content (AvgIpc) is 3.26. The van der Waals surface area contributed by atoms with Gasteiger partial charge in [0, 0.05) is 31.2 Å². The lowest BCUT2D eigenvalue weighted by molar-refractivity contribution is -0.119. The van der Waals surface area contributed by atoms with Gasteiger partial charge in [0.05, 0.1) is 6.54 Å². The Balaban J connectivity index is 1.78. The number of hydrogen-bond donors (Lipinski definition) is 4. The molecule has 0 radical (unpaired) electrons. The Morgan fingerprint density at radius 2 is 1.81 bits per heavy atom. The van der Waals surface area contributed by atoms with E-state index < -0.39 is 11.7 Å². The zero-order chi connectivity index (χ0) is 23.4. The minimum absolute atomic E-state index is 0.123. The molecule has 4 N–H and O–H groups in total. The Hall–Kier alpha value is -2.77. The predicted molar refractivity (Wildman–Crippen MR) is 129 cm³/mol. The summed E-state index contributed by atoms with van der Waals surface area (Å²) in [5, 5.41) is 12.3. The minimum atomic E-state index is -0.496. The van der Waals surface area contributed by atoms with Gasteiger partial charge in [-0.3, -0.25) is 4.79 Å². The number of nitrogens with zero attached hydrogens (tertiary/aromatic N) is 1. The first-order chi connectivity index (χ1) is 15.3. The molecule has 8 nitrogen and oxygen atoms in total. The molecule has 0 aromatic heterocycles. The third-order valence-corrected chi connectivity index (χ3v) is 5.00. The molecule has 0 spiro atoms. The highest BCUT2D eigenvalue weighted by molar-refractivity contribution is 5.92. The van der Waals surface area contributed by atoms with Crippen molar-refractivity contribution in [2.45, 2.75) is 71.9 Å². The molecule has 2 rings (SSSR count). The fourth-order valence-electron chi connectivity index (χ4n) is 3.49. The van der Waals surface area contributed by atoms with Gasteiger partial charge in [0.2, 0.25) is 5.91 Å². The van der Waals surface area contributed by atoms with Crippen LogP contribution in [-0.4, -0.2) is 43.2 Å². The molecule has 0 bridgehead atoms. The van der Waals surface area contributed by atoms with E-state index >= 15 is 0 Å². The van der Waals surface area contributed by atoms with Crippen LogP contribution in [0.25, 0.3) is 0 Å². The fraction of sp³-hybridized carbons (Fsp3) is 0.625. The number of benzene rings is 1. The standard InChI is InChI=1S/C24H39N5O3/c1-5-25-22(26-14-9-15-27-23(31)32-24(2,3)4)28-17-18-10-8-13-20(16-18)29-21(30)19-11-6-7-12-19/h8,10,13,16,19H,5-7,9,11-12,14-15,17H2,1-4H3,(H,27,31)(H,29,30)(H2,25,26,28).